The highest BCUT2D eigenvalue weighted by Gasteiger charge is 2.04. The van der Waals surface area contributed by atoms with Gasteiger partial charge in [0.15, 0.2) is 0 Å². The number of nitrogens with zero attached hydrogens (tertiary/aromatic N) is 4. The van der Waals surface area contributed by atoms with Gasteiger partial charge in [-0.3, -0.25) is 4.79 Å². The Hall–Kier alpha value is -2.63. The van der Waals surface area contributed by atoms with Gasteiger partial charge in [-0.15, -0.1) is 0 Å². The lowest BCUT2D eigenvalue weighted by molar-refractivity contribution is 0.635. The van der Waals surface area contributed by atoms with Gasteiger partial charge in [0.1, 0.15) is 11.5 Å². The number of nitrogens with two attached hydrogens (primary N) is 1. The SMILES string of the molecule is Nc1ccc(=O)n(Cc2cn3ccccc3n2)n1. The predicted molar refractivity (Wildman–Crippen MR) is 67.2 cm³/mol. The summed E-state index contributed by atoms with van der Waals surface area (Å²) in [6.45, 7) is 0.311. The fraction of sp³-hybridized carbons (Fsp3) is 0.0833. The van der Waals surface area contributed by atoms with Gasteiger partial charge in [-0.05, 0) is 18.2 Å². The fourth-order valence-electron chi connectivity index (χ4n) is 1.79. The highest BCUT2D eigenvalue weighted by Crippen LogP contribution is 2.05. The molecule has 0 fully saturated rings. The summed E-state index contributed by atoms with van der Waals surface area (Å²) in [6, 6.07) is 8.63. The van der Waals surface area contributed by atoms with E-state index in [2.05, 4.69) is 10.1 Å². The Labute approximate surface area is 102 Å². The molecule has 0 radical (unpaired) electrons. The minimum Gasteiger partial charge on any atom is -0.382 e. The van der Waals surface area contributed by atoms with Gasteiger partial charge in [0.05, 0.1) is 12.2 Å². The molecule has 3 rings (SSSR count). The molecule has 0 aliphatic carbocycles. The molecule has 0 aliphatic rings. The average Bonchev–Trinajstić information content (AvgIpc) is 2.76. The number of anilines is 1. The molecule has 0 bridgehead atoms. The van der Waals surface area contributed by atoms with Crippen LogP contribution in [0, 0.1) is 0 Å². The standard InChI is InChI=1S/C12H11N5O/c13-10-4-5-12(18)17(15-10)8-9-7-16-6-2-1-3-11(16)14-9/h1-7H,8H2,(H2,13,15). The molecule has 3 heterocycles. The van der Waals surface area contributed by atoms with Gasteiger partial charge in [0.2, 0.25) is 0 Å². The lowest BCUT2D eigenvalue weighted by Crippen LogP contribution is -2.23. The summed E-state index contributed by atoms with van der Waals surface area (Å²) in [7, 11) is 0. The molecule has 0 saturated carbocycles. The minimum atomic E-state index is -0.193. The fourth-order valence-corrected chi connectivity index (χ4v) is 1.79. The van der Waals surface area contributed by atoms with Crippen LogP contribution < -0.4 is 11.3 Å². The van der Waals surface area contributed by atoms with Gasteiger partial charge in [0, 0.05) is 18.5 Å². The Bertz CT molecular complexity index is 725. The summed E-state index contributed by atoms with van der Waals surface area (Å²) in [5, 5.41) is 3.97. The number of rotatable bonds is 2. The lowest BCUT2D eigenvalue weighted by Gasteiger charge is -2.01. The second-order valence-corrected chi connectivity index (χ2v) is 3.95. The largest absolute Gasteiger partial charge is 0.382 e. The van der Waals surface area contributed by atoms with Crippen molar-refractivity contribution in [1.29, 1.82) is 0 Å². The van der Waals surface area contributed by atoms with E-state index in [1.807, 2.05) is 35.0 Å². The van der Waals surface area contributed by atoms with E-state index in [4.69, 9.17) is 5.73 Å². The van der Waals surface area contributed by atoms with Crippen molar-refractivity contribution in [3.63, 3.8) is 0 Å². The first kappa shape index (κ1) is 10.5. The van der Waals surface area contributed by atoms with Crippen LogP contribution >= 0.6 is 0 Å². The van der Waals surface area contributed by atoms with Crippen LogP contribution in [0.1, 0.15) is 5.69 Å². The Morgan fingerprint density at radius 3 is 2.94 bits per heavy atom. The van der Waals surface area contributed by atoms with Crippen LogP contribution in [0.5, 0.6) is 0 Å². The second-order valence-electron chi connectivity index (χ2n) is 3.95. The van der Waals surface area contributed by atoms with Gasteiger partial charge in [-0.1, -0.05) is 6.07 Å². The first-order chi connectivity index (χ1) is 8.72. The summed E-state index contributed by atoms with van der Waals surface area (Å²) in [5.41, 5.74) is 6.97. The Kier molecular flexibility index (Phi) is 2.33. The van der Waals surface area contributed by atoms with Crippen LogP contribution in [0.3, 0.4) is 0 Å². The van der Waals surface area contributed by atoms with Crippen LogP contribution in [-0.4, -0.2) is 19.2 Å². The van der Waals surface area contributed by atoms with Gasteiger partial charge >= 0.3 is 0 Å². The molecule has 0 aromatic carbocycles. The van der Waals surface area contributed by atoms with Gasteiger partial charge in [0.25, 0.3) is 5.56 Å². The van der Waals surface area contributed by atoms with Crippen LogP contribution in [0.15, 0.2) is 47.5 Å². The van der Waals surface area contributed by atoms with E-state index in [9.17, 15) is 4.79 Å². The van der Waals surface area contributed by atoms with Gasteiger partial charge in [-0.25, -0.2) is 9.67 Å². The number of nitrogen functional groups attached to an aromatic ring is 1. The summed E-state index contributed by atoms with van der Waals surface area (Å²) >= 11 is 0. The van der Waals surface area contributed by atoms with E-state index in [0.29, 0.717) is 12.4 Å². The number of fused-ring (bicyclic) bond motifs is 1. The van der Waals surface area contributed by atoms with Crippen molar-refractivity contribution >= 4 is 11.5 Å². The highest BCUT2D eigenvalue weighted by molar-refractivity contribution is 5.39. The number of aromatic nitrogens is 4. The predicted octanol–water partition coefficient (Wildman–Crippen LogP) is 0.521. The van der Waals surface area contributed by atoms with Crippen molar-refractivity contribution < 1.29 is 0 Å². The molecule has 0 aliphatic heterocycles. The first-order valence-electron chi connectivity index (χ1n) is 5.49. The van der Waals surface area contributed by atoms with Gasteiger partial charge < -0.3 is 10.1 Å². The normalized spacial score (nSPS) is 10.9. The molecule has 0 amide bonds. The van der Waals surface area contributed by atoms with E-state index in [1.54, 1.807) is 0 Å². The molecule has 18 heavy (non-hydrogen) atoms. The third-order valence-electron chi connectivity index (χ3n) is 2.61. The Balaban J connectivity index is 2.01. The molecule has 0 unspecified atom stereocenters. The van der Waals surface area contributed by atoms with E-state index in [0.717, 1.165) is 11.3 Å². The molecular weight excluding hydrogens is 230 g/mol. The second kappa shape index (κ2) is 3.99. The van der Waals surface area contributed by atoms with E-state index < -0.39 is 0 Å². The summed E-state index contributed by atoms with van der Waals surface area (Å²) < 4.78 is 3.20. The van der Waals surface area contributed by atoms with Crippen molar-refractivity contribution in [2.24, 2.45) is 0 Å². The average molecular weight is 241 g/mol. The maximum Gasteiger partial charge on any atom is 0.267 e. The number of pyridine rings is 1. The van der Waals surface area contributed by atoms with Crippen LogP contribution in [0.4, 0.5) is 5.82 Å². The number of imidazole rings is 1. The zero-order valence-corrected chi connectivity index (χ0v) is 9.52. The van der Waals surface area contributed by atoms with Crippen molar-refractivity contribution in [2.45, 2.75) is 6.54 Å². The maximum atomic E-state index is 11.6. The number of hydrogen-bond acceptors (Lipinski definition) is 4. The molecule has 0 spiro atoms. The smallest absolute Gasteiger partial charge is 0.267 e. The van der Waals surface area contributed by atoms with E-state index in [-0.39, 0.29) is 5.56 Å². The van der Waals surface area contributed by atoms with E-state index in [1.165, 1.54) is 16.8 Å². The van der Waals surface area contributed by atoms with Crippen LogP contribution in [-0.2, 0) is 6.54 Å². The molecule has 0 atom stereocenters. The van der Waals surface area contributed by atoms with Gasteiger partial charge in [-0.2, -0.15) is 5.10 Å². The van der Waals surface area contributed by atoms with Crippen molar-refractivity contribution in [2.75, 3.05) is 5.73 Å². The maximum absolute atomic E-state index is 11.6. The zero-order valence-electron chi connectivity index (χ0n) is 9.52. The Morgan fingerprint density at radius 2 is 2.11 bits per heavy atom. The molecular formula is C12H11N5O. The van der Waals surface area contributed by atoms with Crippen molar-refractivity contribution in [3.8, 4) is 0 Å². The molecule has 6 nitrogen and oxygen atoms in total. The molecule has 90 valence electrons. The topological polar surface area (TPSA) is 78.2 Å². The molecule has 3 aromatic heterocycles. The third kappa shape index (κ3) is 1.84. The molecule has 2 N–H and O–H groups in total. The quantitative estimate of drug-likeness (QED) is 0.709. The lowest BCUT2D eigenvalue weighted by atomic mass is 10.4. The van der Waals surface area contributed by atoms with Crippen molar-refractivity contribution in [3.05, 3.63) is 58.8 Å². The highest BCUT2D eigenvalue weighted by atomic mass is 16.1. The zero-order chi connectivity index (χ0) is 12.5. The van der Waals surface area contributed by atoms with Crippen LogP contribution in [0.25, 0.3) is 5.65 Å². The Morgan fingerprint density at radius 1 is 1.22 bits per heavy atom. The molecule has 3 aromatic rings. The van der Waals surface area contributed by atoms with Crippen LogP contribution in [0.2, 0.25) is 0 Å². The summed E-state index contributed by atoms with van der Waals surface area (Å²) in [4.78, 5) is 16.0. The molecule has 6 heteroatoms. The third-order valence-corrected chi connectivity index (χ3v) is 2.61. The number of hydrogen-bond donors (Lipinski definition) is 1. The summed E-state index contributed by atoms with van der Waals surface area (Å²) in [6.07, 6.45) is 3.77. The molecule has 0 saturated heterocycles. The first-order valence-corrected chi connectivity index (χ1v) is 5.49. The monoisotopic (exact) mass is 241 g/mol. The minimum absolute atomic E-state index is 0.193. The van der Waals surface area contributed by atoms with E-state index >= 15 is 0 Å². The summed E-state index contributed by atoms with van der Waals surface area (Å²) in [5.74, 6) is 0.318. The van der Waals surface area contributed by atoms with Crippen molar-refractivity contribution in [1.82, 2.24) is 19.2 Å².